The van der Waals surface area contributed by atoms with Gasteiger partial charge in [0, 0.05) is 17.2 Å². The highest BCUT2D eigenvalue weighted by Crippen LogP contribution is 2.34. The van der Waals surface area contributed by atoms with E-state index in [1.807, 2.05) is 0 Å². The second-order valence-electron chi connectivity index (χ2n) is 7.34. The second kappa shape index (κ2) is 6.57. The Bertz CT molecular complexity index is 413. The molecule has 1 unspecified atom stereocenters. The average molecular weight is 295 g/mol. The zero-order chi connectivity index (χ0) is 14.8. The summed E-state index contributed by atoms with van der Waals surface area (Å²) in [6.45, 7) is 8.85. The Hall–Kier alpha value is -0.410. The molecule has 1 aliphatic carbocycles. The molecule has 114 valence electrons. The van der Waals surface area contributed by atoms with Gasteiger partial charge in [-0.1, -0.05) is 47.0 Å². The van der Waals surface area contributed by atoms with Crippen LogP contribution in [0.25, 0.3) is 0 Å². The Morgan fingerprint density at radius 2 is 1.95 bits per heavy atom. The maximum atomic E-state index is 10.5. The van der Waals surface area contributed by atoms with E-state index in [1.165, 1.54) is 32.1 Å². The highest BCUT2D eigenvalue weighted by molar-refractivity contribution is 7.09. The minimum absolute atomic E-state index is 0.110. The first-order valence-corrected chi connectivity index (χ1v) is 8.91. The molecule has 3 heteroatoms. The van der Waals surface area contributed by atoms with E-state index in [2.05, 4.69) is 33.1 Å². The molecule has 1 aromatic rings. The molecule has 0 radical (unpaired) electrons. The van der Waals surface area contributed by atoms with Crippen LogP contribution in [0.1, 0.15) is 70.5 Å². The fourth-order valence-corrected chi connectivity index (χ4v) is 4.15. The Morgan fingerprint density at radius 1 is 1.30 bits per heavy atom. The van der Waals surface area contributed by atoms with E-state index in [0.717, 1.165) is 23.0 Å². The third-order valence-electron chi connectivity index (χ3n) is 4.72. The van der Waals surface area contributed by atoms with Crippen LogP contribution in [-0.2, 0) is 11.8 Å². The van der Waals surface area contributed by atoms with Crippen LogP contribution in [0.5, 0.6) is 0 Å². The highest BCUT2D eigenvalue weighted by Gasteiger charge is 2.27. The number of hydrogen-bond donors (Lipinski definition) is 1. The number of thiazole rings is 1. The van der Waals surface area contributed by atoms with E-state index < -0.39 is 0 Å². The maximum absolute atomic E-state index is 10.5. The molecule has 0 saturated heterocycles. The molecule has 0 aliphatic heterocycles. The van der Waals surface area contributed by atoms with E-state index in [9.17, 15) is 5.11 Å². The Kier molecular flexibility index (Phi) is 5.25. The molecule has 1 atom stereocenters. The summed E-state index contributed by atoms with van der Waals surface area (Å²) in [6, 6.07) is 0. The molecule has 1 aromatic heterocycles. The molecule has 1 saturated carbocycles. The van der Waals surface area contributed by atoms with Gasteiger partial charge in [0.2, 0.25) is 0 Å². The summed E-state index contributed by atoms with van der Waals surface area (Å²) in [5, 5.41) is 13.7. The zero-order valence-electron chi connectivity index (χ0n) is 13.4. The van der Waals surface area contributed by atoms with Crippen LogP contribution in [0.3, 0.4) is 0 Å². The number of aromatic nitrogens is 1. The van der Waals surface area contributed by atoms with Gasteiger partial charge in [-0.3, -0.25) is 0 Å². The summed E-state index contributed by atoms with van der Waals surface area (Å²) < 4.78 is 0. The van der Waals surface area contributed by atoms with E-state index in [0.29, 0.717) is 5.92 Å². The van der Waals surface area contributed by atoms with Gasteiger partial charge in [-0.15, -0.1) is 11.3 Å². The van der Waals surface area contributed by atoms with Crippen LogP contribution < -0.4 is 0 Å². The number of aliphatic hydroxyl groups excluding tert-OH is 1. The Morgan fingerprint density at radius 3 is 2.45 bits per heavy atom. The van der Waals surface area contributed by atoms with Crippen molar-refractivity contribution in [3.05, 3.63) is 16.1 Å². The van der Waals surface area contributed by atoms with Gasteiger partial charge in [-0.25, -0.2) is 4.98 Å². The summed E-state index contributed by atoms with van der Waals surface area (Å²) in [5.41, 5.74) is 1.26. The molecular formula is C17H29NOS. The SMILES string of the molecule is CCC1CCC(C(O)Cc2nc(C(C)(C)C)cs2)CC1. The topological polar surface area (TPSA) is 33.1 Å². The third-order valence-corrected chi connectivity index (χ3v) is 5.59. The van der Waals surface area contributed by atoms with Crippen LogP contribution >= 0.6 is 11.3 Å². The molecule has 20 heavy (non-hydrogen) atoms. The van der Waals surface area contributed by atoms with E-state index in [-0.39, 0.29) is 11.5 Å². The van der Waals surface area contributed by atoms with Crippen molar-refractivity contribution in [1.29, 1.82) is 0 Å². The van der Waals surface area contributed by atoms with Crippen LogP contribution in [0.15, 0.2) is 5.38 Å². The summed E-state index contributed by atoms with van der Waals surface area (Å²) in [5.74, 6) is 1.38. The molecule has 1 N–H and O–H groups in total. The van der Waals surface area contributed by atoms with Crippen molar-refractivity contribution in [2.45, 2.75) is 77.7 Å². The fraction of sp³-hybridized carbons (Fsp3) is 0.824. The van der Waals surface area contributed by atoms with Gasteiger partial charge in [0.05, 0.1) is 16.8 Å². The summed E-state index contributed by atoms with van der Waals surface area (Å²) in [7, 11) is 0. The van der Waals surface area contributed by atoms with Gasteiger partial charge >= 0.3 is 0 Å². The van der Waals surface area contributed by atoms with Gasteiger partial charge < -0.3 is 5.11 Å². The molecule has 1 fully saturated rings. The fourth-order valence-electron chi connectivity index (χ4n) is 3.08. The average Bonchev–Trinajstić information content (AvgIpc) is 2.87. The van der Waals surface area contributed by atoms with Crippen molar-refractivity contribution in [1.82, 2.24) is 4.98 Å². The van der Waals surface area contributed by atoms with Gasteiger partial charge in [0.15, 0.2) is 0 Å². The van der Waals surface area contributed by atoms with Crippen molar-refractivity contribution < 1.29 is 5.11 Å². The summed E-state index contributed by atoms with van der Waals surface area (Å²) >= 11 is 1.70. The van der Waals surface area contributed by atoms with Crippen molar-refractivity contribution >= 4 is 11.3 Å². The first kappa shape index (κ1) is 16.0. The molecule has 0 aromatic carbocycles. The highest BCUT2D eigenvalue weighted by atomic mass is 32.1. The third kappa shape index (κ3) is 4.05. The lowest BCUT2D eigenvalue weighted by molar-refractivity contribution is 0.0734. The standard InChI is InChI=1S/C17H29NOS/c1-5-12-6-8-13(9-7-12)14(19)10-16-18-15(11-20-16)17(2,3)4/h11-14,19H,5-10H2,1-4H3. The minimum Gasteiger partial charge on any atom is -0.392 e. The quantitative estimate of drug-likeness (QED) is 0.883. The maximum Gasteiger partial charge on any atom is 0.0954 e. The van der Waals surface area contributed by atoms with E-state index >= 15 is 0 Å². The number of nitrogens with zero attached hydrogens (tertiary/aromatic N) is 1. The minimum atomic E-state index is -0.202. The van der Waals surface area contributed by atoms with Gasteiger partial charge in [-0.2, -0.15) is 0 Å². The smallest absolute Gasteiger partial charge is 0.0954 e. The number of hydrogen-bond acceptors (Lipinski definition) is 3. The summed E-state index contributed by atoms with van der Waals surface area (Å²) in [4.78, 5) is 4.71. The van der Waals surface area contributed by atoms with E-state index in [1.54, 1.807) is 11.3 Å². The Balaban J connectivity index is 1.88. The van der Waals surface area contributed by atoms with Crippen molar-refractivity contribution in [3.63, 3.8) is 0 Å². The lowest BCUT2D eigenvalue weighted by atomic mass is 9.78. The molecule has 2 nitrogen and oxygen atoms in total. The number of rotatable bonds is 4. The monoisotopic (exact) mass is 295 g/mol. The van der Waals surface area contributed by atoms with Crippen LogP contribution in [0.4, 0.5) is 0 Å². The van der Waals surface area contributed by atoms with Crippen molar-refractivity contribution in [2.75, 3.05) is 0 Å². The number of aliphatic hydroxyl groups is 1. The molecule has 2 rings (SSSR count). The molecule has 1 heterocycles. The zero-order valence-corrected chi connectivity index (χ0v) is 14.2. The van der Waals surface area contributed by atoms with Crippen molar-refractivity contribution in [2.24, 2.45) is 11.8 Å². The van der Waals surface area contributed by atoms with Crippen LogP contribution in [0, 0.1) is 11.8 Å². The van der Waals surface area contributed by atoms with Crippen molar-refractivity contribution in [3.8, 4) is 0 Å². The lowest BCUT2D eigenvalue weighted by Gasteiger charge is -2.30. The van der Waals surface area contributed by atoms with Gasteiger partial charge in [0.25, 0.3) is 0 Å². The predicted molar refractivity (Wildman–Crippen MR) is 86.3 cm³/mol. The van der Waals surface area contributed by atoms with E-state index in [4.69, 9.17) is 4.98 Å². The molecule has 0 bridgehead atoms. The first-order chi connectivity index (χ1) is 9.40. The molecule has 0 amide bonds. The van der Waals surface area contributed by atoms with Crippen LogP contribution in [-0.4, -0.2) is 16.2 Å². The second-order valence-corrected chi connectivity index (χ2v) is 8.28. The van der Waals surface area contributed by atoms with Gasteiger partial charge in [0.1, 0.15) is 0 Å². The first-order valence-electron chi connectivity index (χ1n) is 8.03. The summed E-state index contributed by atoms with van der Waals surface area (Å²) in [6.07, 6.45) is 6.81. The Labute approximate surface area is 127 Å². The lowest BCUT2D eigenvalue weighted by Crippen LogP contribution is -2.27. The predicted octanol–water partition coefficient (Wildman–Crippen LogP) is 4.56. The largest absolute Gasteiger partial charge is 0.392 e. The van der Waals surface area contributed by atoms with Crippen LogP contribution in [0.2, 0.25) is 0 Å². The van der Waals surface area contributed by atoms with Gasteiger partial charge in [-0.05, 0) is 24.7 Å². The molecule has 1 aliphatic rings. The molecule has 0 spiro atoms. The normalized spacial score (nSPS) is 25.6. The molecular weight excluding hydrogens is 266 g/mol.